The molecule has 0 amide bonds. The fourth-order valence-electron chi connectivity index (χ4n) is 1.31. The van der Waals surface area contributed by atoms with Crippen LogP contribution in [0.5, 0.6) is 0 Å². The second-order valence-electron chi connectivity index (χ2n) is 3.26. The van der Waals surface area contributed by atoms with E-state index in [0.717, 1.165) is 22.0 Å². The van der Waals surface area contributed by atoms with Crippen LogP contribution < -0.4 is 5.73 Å². The number of hydrogen-bond donors (Lipinski definition) is 1. The zero-order chi connectivity index (χ0) is 11.4. The zero-order valence-electron chi connectivity index (χ0n) is 8.56. The summed E-state index contributed by atoms with van der Waals surface area (Å²) in [6.07, 6.45) is 1.78. The van der Waals surface area contributed by atoms with Crippen LogP contribution in [0.2, 0.25) is 5.02 Å². The van der Waals surface area contributed by atoms with Gasteiger partial charge in [-0.05, 0) is 24.3 Å². The lowest BCUT2D eigenvalue weighted by atomic mass is 10.2. The summed E-state index contributed by atoms with van der Waals surface area (Å²) in [6.45, 7) is 0. The second-order valence-corrected chi connectivity index (χ2v) is 4.67. The van der Waals surface area contributed by atoms with E-state index in [4.69, 9.17) is 17.3 Å². The Bertz CT molecular complexity index is 453. The van der Waals surface area contributed by atoms with Crippen molar-refractivity contribution in [1.29, 1.82) is 0 Å². The molecule has 1 aromatic heterocycles. The number of rotatable bonds is 3. The number of aromatic nitrogens is 1. The normalized spacial score (nSPS) is 10.3. The van der Waals surface area contributed by atoms with Crippen LogP contribution in [0.4, 0.5) is 5.69 Å². The number of pyridine rings is 1. The molecule has 0 bridgehead atoms. The quantitative estimate of drug-likeness (QED) is 0.668. The lowest BCUT2D eigenvalue weighted by Gasteiger charge is -2.06. The maximum atomic E-state index is 6.08. The monoisotopic (exact) mass is 250 g/mol. The summed E-state index contributed by atoms with van der Waals surface area (Å²) in [6, 6.07) is 11.4. The number of benzene rings is 1. The van der Waals surface area contributed by atoms with Crippen molar-refractivity contribution < 1.29 is 0 Å². The summed E-state index contributed by atoms with van der Waals surface area (Å²) in [5, 5.41) is 1.69. The van der Waals surface area contributed by atoms with E-state index in [1.165, 1.54) is 0 Å². The Morgan fingerprint density at radius 2 is 2.06 bits per heavy atom. The first kappa shape index (κ1) is 11.3. The molecule has 0 unspecified atom stereocenters. The number of anilines is 1. The molecule has 0 radical (unpaired) electrons. The standard InChI is InChI=1S/C12H11ClN2S/c13-10-4-3-5-11(14)9(10)8-16-12-6-1-2-7-15-12/h1-7H,8,14H2. The average Bonchev–Trinajstić information content (AvgIpc) is 2.30. The van der Waals surface area contributed by atoms with E-state index in [0.29, 0.717) is 5.02 Å². The predicted octanol–water partition coefficient (Wildman–Crippen LogP) is 3.61. The summed E-state index contributed by atoms with van der Waals surface area (Å²) in [7, 11) is 0. The highest BCUT2D eigenvalue weighted by Crippen LogP contribution is 2.29. The maximum absolute atomic E-state index is 6.08. The van der Waals surface area contributed by atoms with Gasteiger partial charge in [-0.3, -0.25) is 0 Å². The molecule has 0 atom stereocenters. The van der Waals surface area contributed by atoms with Crippen molar-refractivity contribution in [1.82, 2.24) is 4.98 Å². The van der Waals surface area contributed by atoms with Gasteiger partial charge < -0.3 is 5.73 Å². The topological polar surface area (TPSA) is 38.9 Å². The molecule has 0 aliphatic heterocycles. The minimum Gasteiger partial charge on any atom is -0.398 e. The zero-order valence-corrected chi connectivity index (χ0v) is 10.1. The third-order valence-corrected chi connectivity index (χ3v) is 3.48. The van der Waals surface area contributed by atoms with Crippen LogP contribution >= 0.6 is 23.4 Å². The van der Waals surface area contributed by atoms with Crippen molar-refractivity contribution in [3.8, 4) is 0 Å². The molecule has 4 heteroatoms. The van der Waals surface area contributed by atoms with Gasteiger partial charge in [0.05, 0.1) is 5.03 Å². The van der Waals surface area contributed by atoms with Gasteiger partial charge in [0.2, 0.25) is 0 Å². The largest absolute Gasteiger partial charge is 0.398 e. The summed E-state index contributed by atoms with van der Waals surface area (Å²) < 4.78 is 0. The number of thioether (sulfide) groups is 1. The van der Waals surface area contributed by atoms with Gasteiger partial charge in [0, 0.05) is 28.2 Å². The molecule has 0 saturated heterocycles. The van der Waals surface area contributed by atoms with Crippen molar-refractivity contribution >= 4 is 29.1 Å². The summed E-state index contributed by atoms with van der Waals surface area (Å²) in [5.74, 6) is 0.739. The van der Waals surface area contributed by atoms with E-state index in [1.54, 1.807) is 18.0 Å². The van der Waals surface area contributed by atoms with Crippen molar-refractivity contribution in [2.75, 3.05) is 5.73 Å². The average molecular weight is 251 g/mol. The highest BCUT2D eigenvalue weighted by atomic mass is 35.5. The van der Waals surface area contributed by atoms with E-state index in [1.807, 2.05) is 36.4 Å². The summed E-state index contributed by atoms with van der Waals surface area (Å²) in [5.41, 5.74) is 7.57. The summed E-state index contributed by atoms with van der Waals surface area (Å²) in [4.78, 5) is 4.23. The summed E-state index contributed by atoms with van der Waals surface area (Å²) >= 11 is 7.71. The molecule has 2 aromatic rings. The smallest absolute Gasteiger partial charge is 0.0963 e. The molecule has 0 aliphatic carbocycles. The highest BCUT2D eigenvalue weighted by molar-refractivity contribution is 7.98. The molecule has 2 nitrogen and oxygen atoms in total. The van der Waals surface area contributed by atoms with Gasteiger partial charge in [-0.2, -0.15) is 0 Å². The SMILES string of the molecule is Nc1cccc(Cl)c1CSc1ccccn1. The van der Waals surface area contributed by atoms with E-state index >= 15 is 0 Å². The molecule has 2 N–H and O–H groups in total. The van der Waals surface area contributed by atoms with Crippen LogP contribution in [-0.4, -0.2) is 4.98 Å². The van der Waals surface area contributed by atoms with Crippen molar-refractivity contribution in [2.45, 2.75) is 10.8 Å². The third kappa shape index (κ3) is 2.68. The lowest BCUT2D eigenvalue weighted by molar-refractivity contribution is 1.13. The lowest BCUT2D eigenvalue weighted by Crippen LogP contribution is -1.93. The number of halogens is 1. The first-order valence-electron chi connectivity index (χ1n) is 4.84. The van der Waals surface area contributed by atoms with Gasteiger partial charge in [-0.1, -0.05) is 23.7 Å². The molecule has 1 heterocycles. The van der Waals surface area contributed by atoms with Crippen LogP contribution in [0.1, 0.15) is 5.56 Å². The Morgan fingerprint density at radius 3 is 2.75 bits per heavy atom. The molecule has 1 aromatic carbocycles. The van der Waals surface area contributed by atoms with Gasteiger partial charge in [0.15, 0.2) is 0 Å². The molecular formula is C12H11ClN2S. The Labute approximate surface area is 104 Å². The first-order chi connectivity index (χ1) is 7.77. The van der Waals surface area contributed by atoms with Gasteiger partial charge in [-0.25, -0.2) is 4.98 Å². The molecule has 2 rings (SSSR count). The molecule has 0 aliphatic rings. The Kier molecular flexibility index (Phi) is 3.70. The number of hydrogen-bond acceptors (Lipinski definition) is 3. The Morgan fingerprint density at radius 1 is 1.19 bits per heavy atom. The van der Waals surface area contributed by atoms with Crippen molar-refractivity contribution in [3.63, 3.8) is 0 Å². The minimum atomic E-state index is 0.712. The molecular weight excluding hydrogens is 240 g/mol. The fourth-order valence-corrected chi connectivity index (χ4v) is 2.56. The predicted molar refractivity (Wildman–Crippen MR) is 69.7 cm³/mol. The van der Waals surface area contributed by atoms with Gasteiger partial charge in [-0.15, -0.1) is 11.8 Å². The molecule has 82 valence electrons. The third-order valence-electron chi connectivity index (χ3n) is 2.16. The highest BCUT2D eigenvalue weighted by Gasteiger charge is 2.05. The van der Waals surface area contributed by atoms with Crippen LogP contribution in [0.3, 0.4) is 0 Å². The molecule has 0 fully saturated rings. The maximum Gasteiger partial charge on any atom is 0.0963 e. The molecule has 16 heavy (non-hydrogen) atoms. The number of nitrogens with zero attached hydrogens (tertiary/aromatic N) is 1. The van der Waals surface area contributed by atoms with E-state index in [9.17, 15) is 0 Å². The Hall–Kier alpha value is -1.19. The van der Waals surface area contributed by atoms with Crippen LogP contribution in [0.15, 0.2) is 47.6 Å². The Balaban J connectivity index is 2.11. The van der Waals surface area contributed by atoms with Crippen LogP contribution in [-0.2, 0) is 5.75 Å². The van der Waals surface area contributed by atoms with Crippen LogP contribution in [0, 0.1) is 0 Å². The van der Waals surface area contributed by atoms with Crippen LogP contribution in [0.25, 0.3) is 0 Å². The van der Waals surface area contributed by atoms with E-state index in [-0.39, 0.29) is 0 Å². The van der Waals surface area contributed by atoms with Gasteiger partial charge in [0.25, 0.3) is 0 Å². The fraction of sp³-hybridized carbons (Fsp3) is 0.0833. The van der Waals surface area contributed by atoms with Gasteiger partial charge >= 0.3 is 0 Å². The molecule has 0 spiro atoms. The van der Waals surface area contributed by atoms with E-state index < -0.39 is 0 Å². The minimum absolute atomic E-state index is 0.712. The number of nitrogens with two attached hydrogens (primary N) is 1. The first-order valence-corrected chi connectivity index (χ1v) is 6.20. The van der Waals surface area contributed by atoms with Crippen molar-refractivity contribution in [2.24, 2.45) is 0 Å². The number of nitrogen functional groups attached to an aromatic ring is 1. The van der Waals surface area contributed by atoms with Gasteiger partial charge in [0.1, 0.15) is 0 Å². The van der Waals surface area contributed by atoms with E-state index in [2.05, 4.69) is 4.98 Å². The molecule has 0 saturated carbocycles. The van der Waals surface area contributed by atoms with Crippen molar-refractivity contribution in [3.05, 3.63) is 53.2 Å². The second kappa shape index (κ2) is 5.23.